The number of nitriles is 1. The Morgan fingerprint density at radius 1 is 1.44 bits per heavy atom. The molecule has 0 N–H and O–H groups in total. The van der Waals surface area contributed by atoms with Crippen molar-refractivity contribution in [2.75, 3.05) is 18.8 Å². The van der Waals surface area contributed by atoms with Crippen molar-refractivity contribution in [1.82, 2.24) is 9.80 Å². The number of nitrogens with zero attached hydrogens (tertiary/aromatic N) is 4. The molecule has 2 aliphatic rings. The Kier molecular flexibility index (Phi) is 4.72. The van der Waals surface area contributed by atoms with Crippen molar-refractivity contribution in [3.05, 3.63) is 48.1 Å². The Balaban J connectivity index is 1.79. The molecule has 3 heterocycles. The minimum absolute atomic E-state index is 0.0904. The van der Waals surface area contributed by atoms with E-state index in [0.717, 1.165) is 0 Å². The molecule has 0 saturated heterocycles. The fourth-order valence-electron chi connectivity index (χ4n) is 2.54. The molecule has 1 aromatic heterocycles. The molecule has 0 aromatic carbocycles. The van der Waals surface area contributed by atoms with E-state index < -0.39 is 10.0 Å². The van der Waals surface area contributed by atoms with E-state index in [1.165, 1.54) is 17.2 Å². The van der Waals surface area contributed by atoms with Gasteiger partial charge in [-0.1, -0.05) is 0 Å². The molecule has 0 unspecified atom stereocenters. The van der Waals surface area contributed by atoms with Gasteiger partial charge in [0.05, 0.1) is 36.6 Å². The van der Waals surface area contributed by atoms with Gasteiger partial charge in [-0.25, -0.2) is 8.42 Å². The van der Waals surface area contributed by atoms with Crippen molar-refractivity contribution < 1.29 is 17.6 Å². The summed E-state index contributed by atoms with van der Waals surface area (Å²) < 4.78 is 32.0. The summed E-state index contributed by atoms with van der Waals surface area (Å²) in [6.45, 7) is 0.781. The molecule has 2 aliphatic heterocycles. The van der Waals surface area contributed by atoms with E-state index in [1.807, 2.05) is 6.07 Å². The topological polar surface area (TPSA) is 107 Å². The lowest BCUT2D eigenvalue weighted by Gasteiger charge is -2.28. The van der Waals surface area contributed by atoms with Gasteiger partial charge in [0.25, 0.3) is 15.9 Å². The maximum atomic E-state index is 12.8. The number of carbonyl (C=O) groups excluding carboxylic acids is 1. The van der Waals surface area contributed by atoms with E-state index in [0.29, 0.717) is 17.2 Å². The van der Waals surface area contributed by atoms with Gasteiger partial charge in [-0.2, -0.15) is 5.26 Å². The third kappa shape index (κ3) is 3.97. The number of hydrogen-bond acceptors (Lipinski definition) is 6. The van der Waals surface area contributed by atoms with Gasteiger partial charge in [-0.05, 0) is 24.3 Å². The van der Waals surface area contributed by atoms with Crippen LogP contribution in [0, 0.1) is 11.3 Å². The third-order valence-corrected chi connectivity index (χ3v) is 4.94. The van der Waals surface area contributed by atoms with E-state index >= 15 is 0 Å². The molecule has 25 heavy (non-hydrogen) atoms. The largest absolute Gasteiger partial charge is 0.467 e. The molecule has 0 atom stereocenters. The van der Waals surface area contributed by atoms with E-state index in [2.05, 4.69) is 4.40 Å². The molecule has 0 bridgehead atoms. The number of rotatable bonds is 5. The second-order valence-electron chi connectivity index (χ2n) is 5.56. The molecule has 8 nitrogen and oxygen atoms in total. The normalized spacial score (nSPS) is 18.0. The number of amides is 1. The van der Waals surface area contributed by atoms with Gasteiger partial charge in [-0.15, -0.1) is 4.40 Å². The molecule has 0 fully saturated rings. The summed E-state index contributed by atoms with van der Waals surface area (Å²) in [7, 11) is -3.43. The van der Waals surface area contributed by atoms with Crippen LogP contribution >= 0.6 is 0 Å². The van der Waals surface area contributed by atoms with Crippen molar-refractivity contribution in [2.45, 2.75) is 13.0 Å². The van der Waals surface area contributed by atoms with Gasteiger partial charge in [0.15, 0.2) is 0 Å². The van der Waals surface area contributed by atoms with E-state index in [-0.39, 0.29) is 37.7 Å². The highest BCUT2D eigenvalue weighted by Gasteiger charge is 2.26. The maximum Gasteiger partial charge on any atom is 0.256 e. The van der Waals surface area contributed by atoms with Crippen molar-refractivity contribution in [3.63, 3.8) is 0 Å². The lowest BCUT2D eigenvalue weighted by Crippen LogP contribution is -2.39. The standard InChI is InChI=1S/C16H16N4O4S/c17-6-2-7-20(12-14-3-1-9-24-14)16(21)13-4-5-15-18-25(22,23)10-8-19(15)11-13/h1,3-5,9,11H,2,7-8,10,12H2. The quantitative estimate of drug-likeness (QED) is 0.776. The molecule has 1 amide bonds. The first-order chi connectivity index (χ1) is 12.0. The van der Waals surface area contributed by atoms with Gasteiger partial charge >= 0.3 is 0 Å². The highest BCUT2D eigenvalue weighted by molar-refractivity contribution is 7.90. The van der Waals surface area contributed by atoms with Gasteiger partial charge in [-0.3, -0.25) is 4.79 Å². The Morgan fingerprint density at radius 2 is 2.28 bits per heavy atom. The Bertz CT molecular complexity index is 891. The van der Waals surface area contributed by atoms with Crippen LogP contribution in [0.1, 0.15) is 12.2 Å². The van der Waals surface area contributed by atoms with Crippen LogP contribution in [0.3, 0.4) is 0 Å². The summed E-state index contributed by atoms with van der Waals surface area (Å²) in [6, 6.07) is 5.53. The van der Waals surface area contributed by atoms with E-state index in [9.17, 15) is 13.2 Å². The molecule has 130 valence electrons. The number of hydrogen-bond donors (Lipinski definition) is 0. The highest BCUT2D eigenvalue weighted by atomic mass is 32.2. The van der Waals surface area contributed by atoms with Crippen LogP contribution < -0.4 is 0 Å². The molecular formula is C16H16N4O4S. The number of furan rings is 1. The second-order valence-corrected chi connectivity index (χ2v) is 7.32. The van der Waals surface area contributed by atoms with Crippen molar-refractivity contribution in [1.29, 1.82) is 5.26 Å². The predicted molar refractivity (Wildman–Crippen MR) is 89.5 cm³/mol. The van der Waals surface area contributed by atoms with Crippen molar-refractivity contribution in [2.24, 2.45) is 4.40 Å². The summed E-state index contributed by atoms with van der Waals surface area (Å²) >= 11 is 0. The van der Waals surface area contributed by atoms with Crippen LogP contribution in [0.5, 0.6) is 0 Å². The van der Waals surface area contributed by atoms with Crippen LogP contribution in [-0.4, -0.2) is 48.8 Å². The number of carbonyl (C=O) groups is 1. The summed E-state index contributed by atoms with van der Waals surface area (Å²) in [4.78, 5) is 16.0. The minimum atomic E-state index is -3.43. The fraction of sp³-hybridized carbons (Fsp3) is 0.312. The number of fused-ring (bicyclic) bond motifs is 1. The average Bonchev–Trinajstić information content (AvgIpc) is 3.10. The molecule has 0 radical (unpaired) electrons. The molecule has 3 rings (SSSR count). The molecular weight excluding hydrogens is 344 g/mol. The lowest BCUT2D eigenvalue weighted by atomic mass is 10.1. The summed E-state index contributed by atoms with van der Waals surface area (Å²) in [6.07, 6.45) is 6.38. The SMILES string of the molecule is N#CCCN(Cc1ccco1)C(=O)C1=CN2CCS(=O)(=O)N=C2C=C1. The van der Waals surface area contributed by atoms with Crippen LogP contribution in [0.25, 0.3) is 0 Å². The smallest absolute Gasteiger partial charge is 0.256 e. The van der Waals surface area contributed by atoms with Gasteiger partial charge < -0.3 is 14.2 Å². The monoisotopic (exact) mass is 360 g/mol. The van der Waals surface area contributed by atoms with Crippen molar-refractivity contribution in [3.8, 4) is 6.07 Å². The Hall–Kier alpha value is -2.86. The average molecular weight is 360 g/mol. The minimum Gasteiger partial charge on any atom is -0.467 e. The summed E-state index contributed by atoms with van der Waals surface area (Å²) in [5.74, 6) is 0.582. The van der Waals surface area contributed by atoms with Crippen LogP contribution in [-0.2, 0) is 21.4 Å². The molecule has 1 aromatic rings. The van der Waals surface area contributed by atoms with Gasteiger partial charge in [0, 0.05) is 19.3 Å². The van der Waals surface area contributed by atoms with E-state index in [4.69, 9.17) is 9.68 Å². The number of amidine groups is 1. The summed E-state index contributed by atoms with van der Waals surface area (Å²) in [5.41, 5.74) is 0.405. The molecule has 0 aliphatic carbocycles. The Morgan fingerprint density at radius 3 is 3.00 bits per heavy atom. The van der Waals surface area contributed by atoms with Crippen LogP contribution in [0.15, 0.2) is 51.1 Å². The molecule has 0 spiro atoms. The highest BCUT2D eigenvalue weighted by Crippen LogP contribution is 2.18. The third-order valence-electron chi connectivity index (χ3n) is 3.78. The second kappa shape index (κ2) is 6.94. The first-order valence-corrected chi connectivity index (χ1v) is 9.27. The van der Waals surface area contributed by atoms with Crippen LogP contribution in [0.2, 0.25) is 0 Å². The van der Waals surface area contributed by atoms with E-state index in [1.54, 1.807) is 29.3 Å². The Labute approximate surface area is 145 Å². The maximum absolute atomic E-state index is 12.8. The first-order valence-electron chi connectivity index (χ1n) is 7.66. The molecule has 0 saturated carbocycles. The number of sulfonamides is 1. The zero-order valence-corrected chi connectivity index (χ0v) is 14.1. The fourth-order valence-corrected chi connectivity index (χ4v) is 3.51. The molecule has 9 heteroatoms. The lowest BCUT2D eigenvalue weighted by molar-refractivity contribution is -0.127. The van der Waals surface area contributed by atoms with Crippen LogP contribution in [0.4, 0.5) is 0 Å². The zero-order chi connectivity index (χ0) is 17.9. The first kappa shape index (κ1) is 17.0. The van der Waals surface area contributed by atoms with Crippen molar-refractivity contribution >= 4 is 21.8 Å². The van der Waals surface area contributed by atoms with Gasteiger partial charge in [0.1, 0.15) is 11.6 Å². The predicted octanol–water partition coefficient (Wildman–Crippen LogP) is 1.02. The zero-order valence-electron chi connectivity index (χ0n) is 13.3. The summed E-state index contributed by atoms with van der Waals surface area (Å²) in [5, 5.41) is 8.82. The van der Waals surface area contributed by atoms with Gasteiger partial charge in [0.2, 0.25) is 0 Å².